The molecule has 0 aliphatic heterocycles. The summed E-state index contributed by atoms with van der Waals surface area (Å²) in [6.07, 6.45) is 0.903. The Hall–Kier alpha value is -1.66. The number of carbonyl (C=O) groups is 1. The number of rotatable bonds is 4. The van der Waals surface area contributed by atoms with E-state index in [1.807, 2.05) is 6.92 Å². The lowest BCUT2D eigenvalue weighted by Gasteiger charge is -2.12. The first kappa shape index (κ1) is 17.4. The maximum Gasteiger partial charge on any atom is 0.412 e. The first-order valence-corrected chi connectivity index (χ1v) is 7.07. The minimum Gasteiger partial charge on any atom is -0.407 e. The topological polar surface area (TPSA) is 85.9 Å². The Labute approximate surface area is 137 Å². The maximum atomic E-state index is 11.6. The highest BCUT2D eigenvalue weighted by molar-refractivity contribution is 6.46. The molecule has 1 aromatic carbocycles. The van der Waals surface area contributed by atoms with E-state index in [0.29, 0.717) is 6.54 Å². The van der Waals surface area contributed by atoms with Crippen molar-refractivity contribution in [1.29, 1.82) is 10.5 Å². The van der Waals surface area contributed by atoms with E-state index in [0.717, 1.165) is 12.8 Å². The van der Waals surface area contributed by atoms with Gasteiger partial charge in [-0.1, -0.05) is 48.1 Å². The van der Waals surface area contributed by atoms with E-state index < -0.39 is 6.09 Å². The fourth-order valence-corrected chi connectivity index (χ4v) is 2.19. The second-order valence-corrected chi connectivity index (χ2v) is 5.05. The molecule has 1 rings (SSSR count). The van der Waals surface area contributed by atoms with Crippen LogP contribution in [0.1, 0.15) is 30.9 Å². The molecule has 0 heterocycles. The number of benzene rings is 1. The van der Waals surface area contributed by atoms with Gasteiger partial charge in [-0.2, -0.15) is 10.5 Å². The third-order valence-electron chi connectivity index (χ3n) is 2.50. The lowest BCUT2D eigenvalue weighted by atomic mass is 10.1. The molecule has 0 aliphatic rings. The average molecular weight is 347 g/mol. The molecule has 21 heavy (non-hydrogen) atoms. The molecule has 0 aliphatic carbocycles. The minimum absolute atomic E-state index is 0.140. The molecule has 0 saturated heterocycles. The first-order chi connectivity index (χ1) is 9.97. The molecule has 5 nitrogen and oxygen atoms in total. The Kier molecular flexibility index (Phi) is 6.58. The summed E-state index contributed by atoms with van der Waals surface area (Å²) in [6, 6.07) is 3.49. The van der Waals surface area contributed by atoms with Crippen LogP contribution in [0.2, 0.25) is 15.1 Å². The summed E-state index contributed by atoms with van der Waals surface area (Å²) in [6.45, 7) is 2.39. The summed E-state index contributed by atoms with van der Waals surface area (Å²) in [5.41, 5.74) is -0.355. The Bertz CT molecular complexity index is 648. The number of nitriles is 2. The number of amides is 1. The van der Waals surface area contributed by atoms with Crippen LogP contribution in [0.25, 0.3) is 0 Å². The van der Waals surface area contributed by atoms with Gasteiger partial charge in [-0.05, 0) is 6.42 Å². The highest BCUT2D eigenvalue weighted by Gasteiger charge is 2.24. The molecule has 110 valence electrons. The van der Waals surface area contributed by atoms with Gasteiger partial charge in [-0.25, -0.2) is 4.79 Å². The highest BCUT2D eigenvalue weighted by atomic mass is 35.5. The predicted octanol–water partition coefficient (Wildman–Crippen LogP) is 4.28. The van der Waals surface area contributed by atoms with Crippen molar-refractivity contribution in [3.8, 4) is 17.9 Å². The van der Waals surface area contributed by atoms with Crippen molar-refractivity contribution in [2.24, 2.45) is 0 Å². The van der Waals surface area contributed by atoms with Crippen LogP contribution in [0.15, 0.2) is 0 Å². The van der Waals surface area contributed by atoms with Crippen molar-refractivity contribution in [1.82, 2.24) is 5.32 Å². The van der Waals surface area contributed by atoms with Crippen LogP contribution in [0.5, 0.6) is 5.75 Å². The zero-order valence-electron chi connectivity index (χ0n) is 11.0. The van der Waals surface area contributed by atoms with E-state index >= 15 is 0 Å². The highest BCUT2D eigenvalue weighted by Crippen LogP contribution is 2.42. The molecule has 1 amide bonds. The third kappa shape index (κ3) is 3.92. The summed E-state index contributed by atoms with van der Waals surface area (Å²) in [4.78, 5) is 11.6. The van der Waals surface area contributed by atoms with Crippen molar-refractivity contribution < 1.29 is 9.53 Å². The zero-order chi connectivity index (χ0) is 16.0. The standard InChI is InChI=1S/C13H10Cl3N3O2/c1-2-3-4-19-13(20)21-12-8(6-18)9(14)7(5-17)10(15)11(12)16/h2-4H2,1H3,(H,19,20). The lowest BCUT2D eigenvalue weighted by Crippen LogP contribution is -2.28. The number of nitrogens with zero attached hydrogens (tertiary/aromatic N) is 2. The minimum atomic E-state index is -0.779. The Morgan fingerprint density at radius 2 is 1.76 bits per heavy atom. The molecule has 0 aromatic heterocycles. The van der Waals surface area contributed by atoms with Gasteiger partial charge in [0.05, 0.1) is 15.6 Å². The smallest absolute Gasteiger partial charge is 0.407 e. The molecule has 1 N–H and O–H groups in total. The third-order valence-corrected chi connectivity index (χ3v) is 3.71. The van der Waals surface area contributed by atoms with Crippen molar-refractivity contribution in [2.45, 2.75) is 19.8 Å². The fraction of sp³-hybridized carbons (Fsp3) is 0.308. The zero-order valence-corrected chi connectivity index (χ0v) is 13.2. The van der Waals surface area contributed by atoms with Gasteiger partial charge >= 0.3 is 6.09 Å². The van der Waals surface area contributed by atoms with E-state index in [-0.39, 0.29) is 31.9 Å². The predicted molar refractivity (Wildman–Crippen MR) is 79.8 cm³/mol. The van der Waals surface area contributed by atoms with E-state index in [2.05, 4.69) is 5.32 Å². The fourth-order valence-electron chi connectivity index (χ4n) is 1.43. The number of halogens is 3. The van der Waals surface area contributed by atoms with Gasteiger partial charge in [-0.15, -0.1) is 0 Å². The number of unbranched alkanes of at least 4 members (excludes halogenated alkanes) is 1. The number of hydrogen-bond donors (Lipinski definition) is 1. The molecule has 0 saturated carbocycles. The van der Waals surface area contributed by atoms with Gasteiger partial charge in [0.25, 0.3) is 0 Å². The number of hydrogen-bond acceptors (Lipinski definition) is 4. The van der Waals surface area contributed by atoms with Crippen LogP contribution >= 0.6 is 34.8 Å². The Morgan fingerprint density at radius 3 is 2.29 bits per heavy atom. The second-order valence-electron chi connectivity index (χ2n) is 3.91. The lowest BCUT2D eigenvalue weighted by molar-refractivity contribution is 0.200. The van der Waals surface area contributed by atoms with Crippen LogP contribution in [-0.4, -0.2) is 12.6 Å². The van der Waals surface area contributed by atoms with Crippen LogP contribution in [-0.2, 0) is 0 Å². The summed E-state index contributed by atoms with van der Waals surface area (Å²) in [5, 5.41) is 20.0. The maximum absolute atomic E-state index is 11.6. The molecule has 0 spiro atoms. The van der Waals surface area contributed by atoms with Crippen LogP contribution in [0, 0.1) is 22.7 Å². The van der Waals surface area contributed by atoms with Gasteiger partial charge in [0.2, 0.25) is 0 Å². The van der Waals surface area contributed by atoms with Crippen molar-refractivity contribution >= 4 is 40.9 Å². The van der Waals surface area contributed by atoms with E-state index in [4.69, 9.17) is 50.1 Å². The van der Waals surface area contributed by atoms with Crippen LogP contribution < -0.4 is 10.1 Å². The van der Waals surface area contributed by atoms with Crippen LogP contribution in [0.4, 0.5) is 4.79 Å². The summed E-state index contributed by atoms with van der Waals surface area (Å²) in [5.74, 6) is -0.262. The molecule has 0 bridgehead atoms. The number of ether oxygens (including phenoxy) is 1. The summed E-state index contributed by atoms with van der Waals surface area (Å²) < 4.78 is 4.99. The molecule has 0 radical (unpaired) electrons. The van der Waals surface area contributed by atoms with Gasteiger partial charge in [-0.3, -0.25) is 0 Å². The average Bonchev–Trinajstić information content (AvgIpc) is 2.46. The van der Waals surface area contributed by atoms with Gasteiger partial charge < -0.3 is 10.1 Å². The molecule has 0 atom stereocenters. The summed E-state index contributed by atoms with van der Waals surface area (Å²) in [7, 11) is 0. The van der Waals surface area contributed by atoms with Gasteiger partial charge in [0, 0.05) is 6.54 Å². The van der Waals surface area contributed by atoms with Gasteiger partial charge in [0.15, 0.2) is 5.75 Å². The molecular formula is C13H10Cl3N3O2. The Morgan fingerprint density at radius 1 is 1.14 bits per heavy atom. The molecule has 0 unspecified atom stereocenters. The van der Waals surface area contributed by atoms with E-state index in [9.17, 15) is 4.79 Å². The SMILES string of the molecule is CCCCNC(=O)Oc1c(Cl)c(Cl)c(C#N)c(Cl)c1C#N. The Balaban J connectivity index is 3.17. The van der Waals surface area contributed by atoms with Crippen molar-refractivity contribution in [2.75, 3.05) is 6.54 Å². The summed E-state index contributed by atoms with van der Waals surface area (Å²) >= 11 is 17.7. The number of nitrogens with one attached hydrogen (secondary N) is 1. The molecular weight excluding hydrogens is 337 g/mol. The quantitative estimate of drug-likeness (QED) is 0.651. The molecule has 0 fully saturated rings. The normalized spacial score (nSPS) is 9.62. The molecule has 8 heteroatoms. The van der Waals surface area contributed by atoms with Crippen molar-refractivity contribution in [3.63, 3.8) is 0 Å². The van der Waals surface area contributed by atoms with Crippen LogP contribution in [0.3, 0.4) is 0 Å². The van der Waals surface area contributed by atoms with E-state index in [1.54, 1.807) is 12.1 Å². The van der Waals surface area contributed by atoms with Crippen molar-refractivity contribution in [3.05, 3.63) is 26.2 Å². The first-order valence-electron chi connectivity index (χ1n) is 5.94. The molecule has 1 aromatic rings. The van der Waals surface area contributed by atoms with E-state index in [1.165, 1.54) is 0 Å². The monoisotopic (exact) mass is 345 g/mol. The number of carbonyl (C=O) groups excluding carboxylic acids is 1. The second kappa shape index (κ2) is 7.95. The largest absolute Gasteiger partial charge is 0.412 e. The van der Waals surface area contributed by atoms with Gasteiger partial charge in [0.1, 0.15) is 22.7 Å².